The van der Waals surface area contributed by atoms with Crippen LogP contribution in [0.1, 0.15) is 12.8 Å². The molecule has 0 radical (unpaired) electrons. The van der Waals surface area contributed by atoms with Crippen molar-refractivity contribution in [2.75, 3.05) is 40.5 Å². The number of likely N-dealkylation sites (N-methyl/N-ethyl adjacent to an activating group) is 1. The minimum absolute atomic E-state index is 0.133. The zero-order valence-electron chi connectivity index (χ0n) is 11.9. The number of ether oxygens (including phenoxy) is 2. The molecule has 0 bridgehead atoms. The molecular weight excluding hydrogens is 264 g/mol. The van der Waals surface area contributed by atoms with E-state index in [1.807, 2.05) is 0 Å². The van der Waals surface area contributed by atoms with Crippen LogP contribution in [-0.4, -0.2) is 79.5 Å². The summed E-state index contributed by atoms with van der Waals surface area (Å²) in [4.78, 5) is 27.0. The number of aliphatic carboxylic acids is 1. The molecule has 114 valence electrons. The van der Waals surface area contributed by atoms with Crippen molar-refractivity contribution in [2.24, 2.45) is 5.92 Å². The summed E-state index contributed by atoms with van der Waals surface area (Å²) < 4.78 is 10.3. The Kier molecular flexibility index (Phi) is 4.82. The number of carbonyl (C=O) groups is 2. The SMILES string of the molecule is COCCN(C(=O)N(C)C1COCC1C(=O)O)C1CC1. The Balaban J connectivity index is 2.00. The fraction of sp³-hybridized carbons (Fsp3) is 0.846. The number of nitrogens with zero attached hydrogens (tertiary/aromatic N) is 2. The third kappa shape index (κ3) is 3.21. The number of hydrogen-bond donors (Lipinski definition) is 1. The fourth-order valence-electron chi connectivity index (χ4n) is 2.52. The number of carboxylic acids is 1. The molecule has 2 unspecified atom stereocenters. The summed E-state index contributed by atoms with van der Waals surface area (Å²) in [7, 11) is 3.25. The molecule has 7 nitrogen and oxygen atoms in total. The van der Waals surface area contributed by atoms with E-state index in [1.54, 1.807) is 19.1 Å². The minimum Gasteiger partial charge on any atom is -0.481 e. The zero-order valence-corrected chi connectivity index (χ0v) is 11.9. The lowest BCUT2D eigenvalue weighted by Gasteiger charge is -2.32. The second-order valence-electron chi connectivity index (χ2n) is 5.36. The van der Waals surface area contributed by atoms with Gasteiger partial charge >= 0.3 is 12.0 Å². The van der Waals surface area contributed by atoms with Crippen LogP contribution in [0.2, 0.25) is 0 Å². The summed E-state index contributed by atoms with van der Waals surface area (Å²) in [5.41, 5.74) is 0. The van der Waals surface area contributed by atoms with Crippen LogP contribution < -0.4 is 0 Å². The molecular formula is C13H22N2O5. The molecule has 1 saturated carbocycles. The van der Waals surface area contributed by atoms with Crippen LogP contribution >= 0.6 is 0 Å². The Bertz CT molecular complexity index is 372. The highest BCUT2D eigenvalue weighted by molar-refractivity contribution is 5.77. The van der Waals surface area contributed by atoms with E-state index in [0.29, 0.717) is 13.2 Å². The summed E-state index contributed by atoms with van der Waals surface area (Å²) in [6, 6.07) is -0.263. The van der Waals surface area contributed by atoms with Crippen LogP contribution in [-0.2, 0) is 14.3 Å². The largest absolute Gasteiger partial charge is 0.481 e. The van der Waals surface area contributed by atoms with Gasteiger partial charge in [-0.1, -0.05) is 0 Å². The molecule has 0 aromatic rings. The summed E-state index contributed by atoms with van der Waals surface area (Å²) in [5.74, 6) is -1.56. The van der Waals surface area contributed by atoms with E-state index in [2.05, 4.69) is 0 Å². The van der Waals surface area contributed by atoms with Gasteiger partial charge < -0.3 is 24.4 Å². The van der Waals surface area contributed by atoms with Crippen LogP contribution in [0.4, 0.5) is 4.79 Å². The predicted molar refractivity (Wildman–Crippen MR) is 70.5 cm³/mol. The van der Waals surface area contributed by atoms with Gasteiger partial charge in [0.2, 0.25) is 0 Å². The number of carboxylic acid groups (broad SMARTS) is 1. The van der Waals surface area contributed by atoms with Gasteiger partial charge in [0.25, 0.3) is 0 Å². The smallest absolute Gasteiger partial charge is 0.320 e. The summed E-state index contributed by atoms with van der Waals surface area (Å²) >= 11 is 0. The highest BCUT2D eigenvalue weighted by Crippen LogP contribution is 2.29. The molecule has 7 heteroatoms. The molecule has 20 heavy (non-hydrogen) atoms. The monoisotopic (exact) mass is 286 g/mol. The minimum atomic E-state index is -0.915. The molecule has 0 aromatic heterocycles. The lowest BCUT2D eigenvalue weighted by molar-refractivity contribution is -0.142. The maximum absolute atomic E-state index is 12.5. The van der Waals surface area contributed by atoms with Gasteiger partial charge in [-0.2, -0.15) is 0 Å². The number of urea groups is 1. The summed E-state index contributed by atoms with van der Waals surface area (Å²) in [6.07, 6.45) is 2.01. The highest BCUT2D eigenvalue weighted by atomic mass is 16.5. The molecule has 2 fully saturated rings. The normalized spacial score (nSPS) is 25.5. The predicted octanol–water partition coefficient (Wildman–Crippen LogP) is 0.249. The standard InChI is InChI=1S/C13H22N2O5/c1-14(11-8-20-7-10(11)12(16)17)13(18)15(5-6-19-2)9-3-4-9/h9-11H,3-8H2,1-2H3,(H,16,17). The zero-order chi connectivity index (χ0) is 14.7. The Morgan fingerprint density at radius 3 is 2.60 bits per heavy atom. The van der Waals surface area contributed by atoms with Crippen molar-refractivity contribution in [3.05, 3.63) is 0 Å². The van der Waals surface area contributed by atoms with Crippen molar-refractivity contribution in [3.63, 3.8) is 0 Å². The quantitative estimate of drug-likeness (QED) is 0.757. The molecule has 2 amide bonds. The van der Waals surface area contributed by atoms with Crippen LogP contribution in [0.5, 0.6) is 0 Å². The van der Waals surface area contributed by atoms with Gasteiger partial charge in [0.15, 0.2) is 0 Å². The molecule has 1 N–H and O–H groups in total. The Hall–Kier alpha value is -1.34. The summed E-state index contributed by atoms with van der Waals surface area (Å²) in [5, 5.41) is 9.16. The van der Waals surface area contributed by atoms with Crippen LogP contribution in [0.25, 0.3) is 0 Å². The fourth-order valence-corrected chi connectivity index (χ4v) is 2.52. The van der Waals surface area contributed by atoms with E-state index in [4.69, 9.17) is 14.6 Å². The van der Waals surface area contributed by atoms with E-state index >= 15 is 0 Å². The van der Waals surface area contributed by atoms with Crippen LogP contribution in [0.3, 0.4) is 0 Å². The van der Waals surface area contributed by atoms with Gasteiger partial charge in [0, 0.05) is 26.7 Å². The van der Waals surface area contributed by atoms with Crippen molar-refractivity contribution >= 4 is 12.0 Å². The third-order valence-electron chi connectivity index (χ3n) is 3.94. The summed E-state index contributed by atoms with van der Waals surface area (Å²) in [6.45, 7) is 1.47. The Morgan fingerprint density at radius 1 is 1.35 bits per heavy atom. The first kappa shape index (κ1) is 15.1. The number of methoxy groups -OCH3 is 1. The van der Waals surface area contributed by atoms with Gasteiger partial charge in [-0.05, 0) is 12.8 Å². The van der Waals surface area contributed by atoms with Crippen molar-refractivity contribution < 1.29 is 24.2 Å². The average molecular weight is 286 g/mol. The lowest BCUT2D eigenvalue weighted by atomic mass is 10.0. The Labute approximate surface area is 118 Å². The molecule has 1 saturated heterocycles. The highest BCUT2D eigenvalue weighted by Gasteiger charge is 2.41. The molecule has 2 aliphatic rings. The van der Waals surface area contributed by atoms with Gasteiger partial charge in [-0.15, -0.1) is 0 Å². The molecule has 1 aliphatic carbocycles. The van der Waals surface area contributed by atoms with Crippen molar-refractivity contribution in [1.82, 2.24) is 9.80 Å². The number of amides is 2. The maximum atomic E-state index is 12.5. The lowest BCUT2D eigenvalue weighted by Crippen LogP contribution is -2.51. The van der Waals surface area contributed by atoms with Gasteiger partial charge in [0.05, 0.1) is 25.9 Å². The van der Waals surface area contributed by atoms with E-state index in [-0.39, 0.29) is 25.3 Å². The molecule has 0 aromatic carbocycles. The second-order valence-corrected chi connectivity index (χ2v) is 5.36. The topological polar surface area (TPSA) is 79.3 Å². The van der Waals surface area contributed by atoms with Crippen molar-refractivity contribution in [3.8, 4) is 0 Å². The van der Waals surface area contributed by atoms with E-state index < -0.39 is 17.9 Å². The molecule has 2 rings (SSSR count). The Morgan fingerprint density at radius 2 is 2.05 bits per heavy atom. The maximum Gasteiger partial charge on any atom is 0.320 e. The first-order valence-electron chi connectivity index (χ1n) is 6.89. The van der Waals surface area contributed by atoms with E-state index in [1.165, 1.54) is 4.90 Å². The van der Waals surface area contributed by atoms with E-state index in [0.717, 1.165) is 12.8 Å². The van der Waals surface area contributed by atoms with Crippen molar-refractivity contribution in [1.29, 1.82) is 0 Å². The van der Waals surface area contributed by atoms with Gasteiger partial charge in [-0.3, -0.25) is 4.79 Å². The third-order valence-corrected chi connectivity index (χ3v) is 3.94. The molecule has 0 spiro atoms. The molecule has 1 aliphatic heterocycles. The number of carbonyl (C=O) groups excluding carboxylic acids is 1. The first-order valence-corrected chi connectivity index (χ1v) is 6.89. The first-order chi connectivity index (χ1) is 9.56. The van der Waals surface area contributed by atoms with Crippen LogP contribution in [0.15, 0.2) is 0 Å². The van der Waals surface area contributed by atoms with Gasteiger partial charge in [-0.25, -0.2) is 4.79 Å². The molecule has 2 atom stereocenters. The average Bonchev–Trinajstić information content (AvgIpc) is 3.13. The van der Waals surface area contributed by atoms with Crippen molar-refractivity contribution in [2.45, 2.75) is 24.9 Å². The van der Waals surface area contributed by atoms with E-state index in [9.17, 15) is 9.59 Å². The van der Waals surface area contributed by atoms with Gasteiger partial charge in [0.1, 0.15) is 5.92 Å². The second kappa shape index (κ2) is 6.41. The van der Waals surface area contributed by atoms with Crippen LogP contribution in [0, 0.1) is 5.92 Å². The molecule has 1 heterocycles. The number of hydrogen-bond acceptors (Lipinski definition) is 4. The number of rotatable bonds is 6.